The van der Waals surface area contributed by atoms with Crippen molar-refractivity contribution in [2.24, 2.45) is 5.92 Å². The van der Waals surface area contributed by atoms with E-state index in [0.29, 0.717) is 6.42 Å². The van der Waals surface area contributed by atoms with Gasteiger partial charge in [0.1, 0.15) is 10.1 Å². The van der Waals surface area contributed by atoms with Crippen LogP contribution in [0.4, 0.5) is 0 Å². The monoisotopic (exact) mass is 222 g/mol. The summed E-state index contributed by atoms with van der Waals surface area (Å²) in [6.07, 6.45) is 2.81. The molecule has 0 N–H and O–H groups in total. The Bertz CT molecular complexity index is 246. The number of ether oxygens (including phenoxy) is 1. The van der Waals surface area contributed by atoms with Crippen molar-refractivity contribution >= 4 is 29.2 Å². The van der Waals surface area contributed by atoms with Crippen molar-refractivity contribution in [3.63, 3.8) is 0 Å². The van der Waals surface area contributed by atoms with Gasteiger partial charge in [-0.3, -0.25) is 4.79 Å². The fourth-order valence-electron chi connectivity index (χ4n) is 1.49. The molecule has 0 saturated carbocycles. The van der Waals surface area contributed by atoms with E-state index in [0.717, 1.165) is 6.42 Å². The van der Waals surface area contributed by atoms with Crippen molar-refractivity contribution in [3.8, 4) is 0 Å². The van der Waals surface area contributed by atoms with Crippen LogP contribution in [0.15, 0.2) is 10.6 Å². The second kappa shape index (κ2) is 3.89. The average molecular weight is 223 g/mol. The molecular weight excluding hydrogens is 211 g/mol. The van der Waals surface area contributed by atoms with Gasteiger partial charge in [0.05, 0.1) is 6.42 Å². The van der Waals surface area contributed by atoms with Crippen molar-refractivity contribution in [2.75, 3.05) is 0 Å². The molecule has 0 aromatic carbocycles. The van der Waals surface area contributed by atoms with Gasteiger partial charge in [-0.1, -0.05) is 30.1 Å². The summed E-state index contributed by atoms with van der Waals surface area (Å²) in [5.41, 5.74) is -0.438. The molecule has 74 valence electrons. The van der Waals surface area contributed by atoms with E-state index in [1.165, 1.54) is 0 Å². The Hall–Kier alpha value is -0.210. The molecule has 0 aromatic rings. The first kappa shape index (κ1) is 10.9. The summed E-state index contributed by atoms with van der Waals surface area (Å²) in [6, 6.07) is 0. The zero-order valence-electron chi connectivity index (χ0n) is 7.64. The Labute approximate surface area is 87.8 Å². The molecule has 1 heterocycles. The molecule has 0 aromatic heterocycles. The maximum atomic E-state index is 11.1. The van der Waals surface area contributed by atoms with Crippen LogP contribution in [0.3, 0.4) is 0 Å². The molecule has 13 heavy (non-hydrogen) atoms. The quantitative estimate of drug-likeness (QED) is 0.672. The van der Waals surface area contributed by atoms with E-state index in [4.69, 9.17) is 27.9 Å². The number of halogens is 2. The van der Waals surface area contributed by atoms with Gasteiger partial charge < -0.3 is 4.74 Å². The van der Waals surface area contributed by atoms with Crippen LogP contribution in [-0.2, 0) is 9.53 Å². The number of carbonyl (C=O) groups is 1. The van der Waals surface area contributed by atoms with Gasteiger partial charge in [0, 0.05) is 5.92 Å². The maximum Gasteiger partial charge on any atom is 0.307 e. The van der Waals surface area contributed by atoms with Crippen molar-refractivity contribution in [3.05, 3.63) is 10.6 Å². The molecule has 1 aliphatic heterocycles. The number of esters is 1. The molecule has 1 rings (SSSR count). The molecule has 0 aliphatic carbocycles. The van der Waals surface area contributed by atoms with Crippen LogP contribution in [0.2, 0.25) is 0 Å². The van der Waals surface area contributed by atoms with E-state index in [1.54, 1.807) is 6.08 Å². The van der Waals surface area contributed by atoms with Crippen molar-refractivity contribution in [1.29, 1.82) is 0 Å². The third kappa shape index (κ3) is 2.38. The smallest absolute Gasteiger partial charge is 0.307 e. The molecule has 0 amide bonds. The standard InChI is InChI=1S/C9H12Cl2O2/c1-3-9(2)6(4-7(10)11)5-8(12)13-9/h4,6H,3,5H2,1-2H3. The van der Waals surface area contributed by atoms with E-state index in [1.807, 2.05) is 13.8 Å². The minimum atomic E-state index is -0.438. The van der Waals surface area contributed by atoms with E-state index >= 15 is 0 Å². The molecule has 0 spiro atoms. The second-order valence-electron chi connectivity index (χ2n) is 3.41. The zero-order valence-corrected chi connectivity index (χ0v) is 9.15. The van der Waals surface area contributed by atoms with E-state index in [-0.39, 0.29) is 16.4 Å². The fourth-order valence-corrected chi connectivity index (χ4v) is 1.80. The SMILES string of the molecule is CCC1(C)OC(=O)CC1C=C(Cl)Cl. The summed E-state index contributed by atoms with van der Waals surface area (Å²) in [4.78, 5) is 11.1. The highest BCUT2D eigenvalue weighted by atomic mass is 35.5. The first-order valence-corrected chi connectivity index (χ1v) is 4.98. The van der Waals surface area contributed by atoms with Crippen LogP contribution in [0, 0.1) is 5.92 Å². The predicted octanol–water partition coefficient (Wildman–Crippen LogP) is 3.04. The summed E-state index contributed by atoms with van der Waals surface area (Å²) in [5.74, 6) is -0.185. The predicted molar refractivity (Wildman–Crippen MR) is 52.7 cm³/mol. The molecule has 2 atom stereocenters. The van der Waals surface area contributed by atoms with Gasteiger partial charge in [-0.05, 0) is 19.4 Å². The molecule has 1 saturated heterocycles. The average Bonchev–Trinajstić information content (AvgIpc) is 2.27. The number of hydrogen-bond donors (Lipinski definition) is 0. The lowest BCUT2D eigenvalue weighted by Crippen LogP contribution is -2.29. The number of hydrogen-bond acceptors (Lipinski definition) is 2. The van der Waals surface area contributed by atoms with Crippen molar-refractivity contribution in [2.45, 2.75) is 32.3 Å². The normalized spacial score (nSPS) is 32.9. The Kier molecular flexibility index (Phi) is 3.25. The van der Waals surface area contributed by atoms with Crippen molar-refractivity contribution < 1.29 is 9.53 Å². The summed E-state index contributed by atoms with van der Waals surface area (Å²) in [6.45, 7) is 3.87. The van der Waals surface area contributed by atoms with E-state index < -0.39 is 5.60 Å². The highest BCUT2D eigenvalue weighted by Gasteiger charge is 2.42. The van der Waals surface area contributed by atoms with E-state index in [2.05, 4.69) is 0 Å². The van der Waals surface area contributed by atoms with Crippen LogP contribution in [0.1, 0.15) is 26.7 Å². The van der Waals surface area contributed by atoms with Gasteiger partial charge in [-0.25, -0.2) is 0 Å². The summed E-state index contributed by atoms with van der Waals surface area (Å²) >= 11 is 11.1. The highest BCUT2D eigenvalue weighted by molar-refractivity contribution is 6.55. The number of cyclic esters (lactones) is 1. The van der Waals surface area contributed by atoms with Crippen molar-refractivity contribution in [1.82, 2.24) is 0 Å². The van der Waals surface area contributed by atoms with Crippen LogP contribution < -0.4 is 0 Å². The topological polar surface area (TPSA) is 26.3 Å². The minimum Gasteiger partial charge on any atom is -0.459 e. The molecule has 2 unspecified atom stereocenters. The first-order valence-electron chi connectivity index (χ1n) is 4.22. The van der Waals surface area contributed by atoms with Crippen LogP contribution in [0.5, 0.6) is 0 Å². The first-order chi connectivity index (χ1) is 5.98. The molecule has 2 nitrogen and oxygen atoms in total. The third-order valence-electron chi connectivity index (χ3n) is 2.55. The van der Waals surface area contributed by atoms with Gasteiger partial charge in [-0.15, -0.1) is 0 Å². The Morgan fingerprint density at radius 1 is 1.77 bits per heavy atom. The van der Waals surface area contributed by atoms with Crippen LogP contribution >= 0.6 is 23.2 Å². The Morgan fingerprint density at radius 3 is 2.85 bits per heavy atom. The third-order valence-corrected chi connectivity index (χ3v) is 2.80. The molecule has 0 bridgehead atoms. The van der Waals surface area contributed by atoms with Gasteiger partial charge in [0.25, 0.3) is 0 Å². The van der Waals surface area contributed by atoms with Crippen LogP contribution in [0.25, 0.3) is 0 Å². The Balaban J connectivity index is 2.84. The molecular formula is C9H12Cl2O2. The van der Waals surface area contributed by atoms with Gasteiger partial charge in [0.15, 0.2) is 0 Å². The summed E-state index contributed by atoms with van der Waals surface area (Å²) in [5, 5.41) is 0. The minimum absolute atomic E-state index is 0.00463. The molecule has 4 heteroatoms. The Morgan fingerprint density at radius 2 is 2.38 bits per heavy atom. The second-order valence-corrected chi connectivity index (χ2v) is 4.42. The number of carbonyl (C=O) groups excluding carboxylic acids is 1. The van der Waals surface area contributed by atoms with Crippen LogP contribution in [-0.4, -0.2) is 11.6 Å². The van der Waals surface area contributed by atoms with Gasteiger partial charge >= 0.3 is 5.97 Å². The van der Waals surface area contributed by atoms with Gasteiger partial charge in [-0.2, -0.15) is 0 Å². The fraction of sp³-hybridized carbons (Fsp3) is 0.667. The summed E-state index contributed by atoms with van der Waals surface area (Å²) < 4.78 is 5.41. The molecule has 1 aliphatic rings. The highest BCUT2D eigenvalue weighted by Crippen LogP contribution is 2.37. The van der Waals surface area contributed by atoms with E-state index in [9.17, 15) is 4.79 Å². The summed E-state index contributed by atoms with van der Waals surface area (Å²) in [7, 11) is 0. The molecule has 0 radical (unpaired) electrons. The largest absolute Gasteiger partial charge is 0.459 e. The lowest BCUT2D eigenvalue weighted by Gasteiger charge is -2.25. The number of rotatable bonds is 2. The zero-order chi connectivity index (χ0) is 10.1. The lowest BCUT2D eigenvalue weighted by atomic mass is 9.87. The van der Waals surface area contributed by atoms with Gasteiger partial charge in [0.2, 0.25) is 0 Å². The lowest BCUT2D eigenvalue weighted by molar-refractivity contribution is -0.147. The molecule has 1 fully saturated rings. The maximum absolute atomic E-state index is 11.1.